The predicted molar refractivity (Wildman–Crippen MR) is 247 cm³/mol. The van der Waals surface area contributed by atoms with Crippen molar-refractivity contribution in [2.75, 3.05) is 4.90 Å². The normalized spacial score (nSPS) is 12.8. The van der Waals surface area contributed by atoms with Crippen LogP contribution in [-0.4, -0.2) is 9.97 Å². The quantitative estimate of drug-likeness (QED) is 0.169. The van der Waals surface area contributed by atoms with Crippen LogP contribution >= 0.6 is 0 Å². The summed E-state index contributed by atoms with van der Waals surface area (Å²) in [6.07, 6.45) is 0. The lowest BCUT2D eigenvalue weighted by atomic mass is 9.70. The number of rotatable bonds is 6. The Morgan fingerprint density at radius 2 is 0.800 bits per heavy atom. The Morgan fingerprint density at radius 3 is 1.50 bits per heavy atom. The zero-order chi connectivity index (χ0) is 39.6. The Balaban J connectivity index is 1.16. The summed E-state index contributed by atoms with van der Waals surface area (Å²) in [5.74, 6) is 1.50. The lowest BCUT2D eigenvalue weighted by molar-refractivity contribution is 0.793. The van der Waals surface area contributed by atoms with Crippen molar-refractivity contribution in [2.45, 2.75) is 5.41 Å². The van der Waals surface area contributed by atoms with E-state index in [1.165, 1.54) is 50.1 Å². The molecule has 1 aromatic heterocycles. The standard InChI is InChI=1S/C57H37N3/c1-3-18-38(19-4-1)39-34-36-41(37-35-39)55-58-51-31-15-10-26-46(51)56(59-55)60(52-32-16-11-22-42(52)40-20-5-2-6-21-40)53-33-17-30-50-54(53)45-25-9-14-29-49(45)57(50)47-27-12-7-23-43(47)44-24-8-13-28-48(44)57/h1-37H. The van der Waals surface area contributed by atoms with E-state index in [1.54, 1.807) is 0 Å². The van der Waals surface area contributed by atoms with E-state index in [2.05, 4.69) is 229 Å². The molecule has 1 spiro atoms. The van der Waals surface area contributed by atoms with Gasteiger partial charge in [0.1, 0.15) is 5.82 Å². The van der Waals surface area contributed by atoms with Crippen molar-refractivity contribution < 1.29 is 0 Å². The lowest BCUT2D eigenvalue weighted by Crippen LogP contribution is -2.26. The van der Waals surface area contributed by atoms with Crippen LogP contribution in [0.2, 0.25) is 0 Å². The third-order valence-corrected chi connectivity index (χ3v) is 12.5. The molecule has 60 heavy (non-hydrogen) atoms. The number of hydrogen-bond donors (Lipinski definition) is 0. The van der Waals surface area contributed by atoms with Crippen molar-refractivity contribution in [3.8, 4) is 55.9 Å². The number of benzene rings is 9. The molecule has 280 valence electrons. The van der Waals surface area contributed by atoms with Crippen LogP contribution in [0.15, 0.2) is 224 Å². The van der Waals surface area contributed by atoms with E-state index in [1.807, 2.05) is 0 Å². The second kappa shape index (κ2) is 13.6. The van der Waals surface area contributed by atoms with Gasteiger partial charge in [-0.05, 0) is 79.9 Å². The first-order valence-corrected chi connectivity index (χ1v) is 20.6. The molecule has 0 unspecified atom stereocenters. The summed E-state index contributed by atoms with van der Waals surface area (Å²) in [4.78, 5) is 13.3. The van der Waals surface area contributed by atoms with Crippen LogP contribution in [-0.2, 0) is 5.41 Å². The van der Waals surface area contributed by atoms with E-state index in [9.17, 15) is 0 Å². The smallest absolute Gasteiger partial charge is 0.162 e. The summed E-state index contributed by atoms with van der Waals surface area (Å²) in [7, 11) is 0. The molecule has 2 aliphatic rings. The second-order valence-electron chi connectivity index (χ2n) is 15.6. The van der Waals surface area contributed by atoms with Gasteiger partial charge in [0.05, 0.1) is 22.3 Å². The molecule has 9 aromatic carbocycles. The number of anilines is 3. The van der Waals surface area contributed by atoms with E-state index in [4.69, 9.17) is 9.97 Å². The van der Waals surface area contributed by atoms with Gasteiger partial charge >= 0.3 is 0 Å². The average Bonchev–Trinajstić information content (AvgIpc) is 3.80. The Kier molecular flexibility index (Phi) is 7.76. The van der Waals surface area contributed by atoms with Crippen LogP contribution in [0, 0.1) is 0 Å². The van der Waals surface area contributed by atoms with Crippen LogP contribution in [0.25, 0.3) is 66.8 Å². The van der Waals surface area contributed by atoms with Crippen LogP contribution in [0.4, 0.5) is 17.2 Å². The van der Waals surface area contributed by atoms with Crippen LogP contribution in [0.3, 0.4) is 0 Å². The van der Waals surface area contributed by atoms with E-state index in [0.29, 0.717) is 5.82 Å². The Labute approximate surface area is 349 Å². The zero-order valence-corrected chi connectivity index (χ0v) is 32.7. The second-order valence-corrected chi connectivity index (χ2v) is 15.6. The maximum Gasteiger partial charge on any atom is 0.162 e. The zero-order valence-electron chi connectivity index (χ0n) is 32.7. The van der Waals surface area contributed by atoms with Gasteiger partial charge < -0.3 is 0 Å². The van der Waals surface area contributed by atoms with E-state index >= 15 is 0 Å². The molecule has 0 bridgehead atoms. The molecule has 0 atom stereocenters. The number of nitrogens with zero attached hydrogens (tertiary/aromatic N) is 3. The summed E-state index contributed by atoms with van der Waals surface area (Å²) in [6, 6.07) is 80.9. The van der Waals surface area contributed by atoms with E-state index in [0.717, 1.165) is 50.3 Å². The molecule has 0 fully saturated rings. The number of hydrogen-bond acceptors (Lipinski definition) is 3. The highest BCUT2D eigenvalue weighted by atomic mass is 15.2. The molecule has 10 aromatic rings. The molecule has 3 heteroatoms. The number of aromatic nitrogens is 2. The fourth-order valence-electron chi connectivity index (χ4n) is 10.0. The molecule has 0 saturated heterocycles. The van der Waals surface area contributed by atoms with E-state index in [-0.39, 0.29) is 0 Å². The first-order chi connectivity index (χ1) is 29.8. The molecular weight excluding hydrogens is 727 g/mol. The minimum absolute atomic E-state index is 0.487. The Bertz CT molecular complexity index is 3220. The van der Waals surface area contributed by atoms with Crippen molar-refractivity contribution in [3.05, 3.63) is 247 Å². The monoisotopic (exact) mass is 763 g/mol. The predicted octanol–water partition coefficient (Wildman–Crippen LogP) is 14.4. The van der Waals surface area contributed by atoms with Crippen LogP contribution in [0.1, 0.15) is 22.3 Å². The minimum Gasteiger partial charge on any atom is -0.293 e. The summed E-state index contributed by atoms with van der Waals surface area (Å²) >= 11 is 0. The highest BCUT2D eigenvalue weighted by Gasteiger charge is 2.52. The molecular formula is C57H37N3. The van der Waals surface area contributed by atoms with Gasteiger partial charge in [-0.25, -0.2) is 9.97 Å². The number of para-hydroxylation sites is 2. The largest absolute Gasteiger partial charge is 0.293 e. The van der Waals surface area contributed by atoms with Gasteiger partial charge in [-0.15, -0.1) is 0 Å². The molecule has 0 saturated carbocycles. The van der Waals surface area contributed by atoms with Crippen LogP contribution < -0.4 is 4.90 Å². The van der Waals surface area contributed by atoms with Gasteiger partial charge in [-0.2, -0.15) is 0 Å². The summed E-state index contributed by atoms with van der Waals surface area (Å²) < 4.78 is 0. The van der Waals surface area contributed by atoms with Gasteiger partial charge in [-0.1, -0.05) is 200 Å². The first-order valence-electron chi connectivity index (χ1n) is 20.6. The van der Waals surface area contributed by atoms with Gasteiger partial charge in [0.15, 0.2) is 5.82 Å². The fraction of sp³-hybridized carbons (Fsp3) is 0.0175. The third kappa shape index (κ3) is 5.03. The minimum atomic E-state index is -0.487. The van der Waals surface area contributed by atoms with Gasteiger partial charge in [-0.3, -0.25) is 4.90 Å². The Hall–Kier alpha value is -7.88. The molecule has 0 radical (unpaired) electrons. The molecule has 12 rings (SSSR count). The van der Waals surface area contributed by atoms with Crippen molar-refractivity contribution in [3.63, 3.8) is 0 Å². The maximum absolute atomic E-state index is 5.62. The molecule has 0 amide bonds. The van der Waals surface area contributed by atoms with Gasteiger partial charge in [0, 0.05) is 22.1 Å². The highest BCUT2D eigenvalue weighted by Crippen LogP contribution is 2.64. The van der Waals surface area contributed by atoms with Crippen molar-refractivity contribution in [1.82, 2.24) is 9.97 Å². The average molecular weight is 764 g/mol. The lowest BCUT2D eigenvalue weighted by Gasteiger charge is -2.32. The van der Waals surface area contributed by atoms with Crippen LogP contribution in [0.5, 0.6) is 0 Å². The van der Waals surface area contributed by atoms with Crippen molar-refractivity contribution in [1.29, 1.82) is 0 Å². The fourth-order valence-corrected chi connectivity index (χ4v) is 10.0. The highest BCUT2D eigenvalue weighted by molar-refractivity contribution is 6.05. The summed E-state index contributed by atoms with van der Waals surface area (Å²) in [6.45, 7) is 0. The Morgan fingerprint density at radius 1 is 0.317 bits per heavy atom. The van der Waals surface area contributed by atoms with Crippen molar-refractivity contribution in [2.24, 2.45) is 0 Å². The van der Waals surface area contributed by atoms with E-state index < -0.39 is 5.41 Å². The SMILES string of the molecule is c1ccc(-c2ccc(-c3nc(N(c4ccccc4-c4ccccc4)c4cccc5c4-c4ccccc4C54c5ccccc5-c5ccccc54)c4ccccc4n3)cc2)cc1. The topological polar surface area (TPSA) is 29.0 Å². The van der Waals surface area contributed by atoms with Crippen molar-refractivity contribution >= 4 is 28.1 Å². The molecule has 1 heterocycles. The molecule has 3 nitrogen and oxygen atoms in total. The maximum atomic E-state index is 5.62. The third-order valence-electron chi connectivity index (χ3n) is 12.5. The first kappa shape index (κ1) is 34.2. The van der Waals surface area contributed by atoms with Gasteiger partial charge in [0.2, 0.25) is 0 Å². The molecule has 0 N–H and O–H groups in total. The van der Waals surface area contributed by atoms with Gasteiger partial charge in [0.25, 0.3) is 0 Å². The number of fused-ring (bicyclic) bond motifs is 11. The molecule has 0 aliphatic heterocycles. The molecule has 2 aliphatic carbocycles. The summed E-state index contributed by atoms with van der Waals surface area (Å²) in [5, 5.41) is 0.972. The summed E-state index contributed by atoms with van der Waals surface area (Å²) in [5.41, 5.74) is 18.3.